The zero-order chi connectivity index (χ0) is 26.8. The van der Waals surface area contributed by atoms with Crippen molar-refractivity contribution in [2.45, 2.75) is 45.6 Å². The molecule has 3 aromatic carbocycles. The summed E-state index contributed by atoms with van der Waals surface area (Å²) in [5, 5.41) is 0.417. The van der Waals surface area contributed by atoms with Crippen molar-refractivity contribution in [3.05, 3.63) is 97.8 Å². The monoisotopic (exact) mass is 575 g/mol. The fourth-order valence-electron chi connectivity index (χ4n) is 4.92. The molecule has 1 aliphatic heterocycles. The number of aryl methyl sites for hydroxylation is 1. The standard InChI is InChI=1S/C31H30BrNO5/c1-4-5-6-7-16-37-25-14-10-20(17-26(25)36-3)28-27-29(34)23-18-21(32)11-15-24(23)38-30(27)31(35)33(28)22-12-8-19(2)9-13-22/h8-15,17-18,28H,4-7,16H2,1-3H3. The van der Waals surface area contributed by atoms with E-state index in [1.54, 1.807) is 30.2 Å². The molecular weight excluding hydrogens is 546 g/mol. The maximum absolute atomic E-state index is 13.9. The molecule has 6 nitrogen and oxygen atoms in total. The summed E-state index contributed by atoms with van der Waals surface area (Å²) in [6.45, 7) is 4.76. The van der Waals surface area contributed by atoms with Crippen molar-refractivity contribution in [2.24, 2.45) is 0 Å². The number of fused-ring (bicyclic) bond motifs is 2. The maximum atomic E-state index is 13.9. The van der Waals surface area contributed by atoms with Gasteiger partial charge in [0, 0.05) is 10.2 Å². The fraction of sp³-hybridized carbons (Fsp3) is 0.290. The van der Waals surface area contributed by atoms with Crippen LogP contribution in [0.4, 0.5) is 5.69 Å². The molecule has 1 amide bonds. The summed E-state index contributed by atoms with van der Waals surface area (Å²) in [6.07, 6.45) is 4.42. The minimum atomic E-state index is -0.688. The van der Waals surface area contributed by atoms with Crippen molar-refractivity contribution in [1.82, 2.24) is 0 Å². The van der Waals surface area contributed by atoms with Crippen LogP contribution in [0.3, 0.4) is 0 Å². The summed E-state index contributed by atoms with van der Waals surface area (Å²) in [7, 11) is 1.59. The molecule has 0 aliphatic carbocycles. The van der Waals surface area contributed by atoms with Gasteiger partial charge in [-0.25, -0.2) is 0 Å². The molecule has 2 heterocycles. The first-order chi connectivity index (χ1) is 18.4. The first kappa shape index (κ1) is 26.0. The van der Waals surface area contributed by atoms with Crippen LogP contribution in [0.5, 0.6) is 11.5 Å². The fourth-order valence-corrected chi connectivity index (χ4v) is 5.28. The van der Waals surface area contributed by atoms with Gasteiger partial charge in [-0.05, 0) is 61.4 Å². The molecule has 0 bridgehead atoms. The second-order valence-corrected chi connectivity index (χ2v) is 10.5. The molecule has 196 valence electrons. The van der Waals surface area contributed by atoms with Gasteiger partial charge in [0.1, 0.15) is 5.58 Å². The molecule has 38 heavy (non-hydrogen) atoms. The number of benzene rings is 3. The molecule has 1 aliphatic rings. The minimum absolute atomic E-state index is 0.0608. The number of carbonyl (C=O) groups excluding carboxylic acids is 1. The number of anilines is 1. The number of hydrogen-bond donors (Lipinski definition) is 0. The summed E-state index contributed by atoms with van der Waals surface area (Å²) in [6, 6.07) is 17.8. The average molecular weight is 576 g/mol. The third kappa shape index (κ3) is 4.83. The first-order valence-corrected chi connectivity index (χ1v) is 13.7. The Labute approximate surface area is 230 Å². The van der Waals surface area contributed by atoms with Gasteiger partial charge in [-0.15, -0.1) is 0 Å². The van der Waals surface area contributed by atoms with Crippen LogP contribution in [-0.4, -0.2) is 19.6 Å². The van der Waals surface area contributed by atoms with E-state index in [4.69, 9.17) is 13.9 Å². The Kier molecular flexibility index (Phi) is 7.56. The number of unbranched alkanes of at least 4 members (excludes halogenated alkanes) is 3. The van der Waals surface area contributed by atoms with E-state index in [0.29, 0.717) is 40.3 Å². The van der Waals surface area contributed by atoms with Gasteiger partial charge in [0.2, 0.25) is 5.76 Å². The Hall–Kier alpha value is -3.58. The number of methoxy groups -OCH3 is 1. The second kappa shape index (κ2) is 11.0. The SMILES string of the molecule is CCCCCCOc1ccc(C2c3c(oc4ccc(Br)cc4c3=O)C(=O)N2c2ccc(C)cc2)cc1OC. The first-order valence-electron chi connectivity index (χ1n) is 12.9. The summed E-state index contributed by atoms with van der Waals surface area (Å²) >= 11 is 3.45. The van der Waals surface area contributed by atoms with Crippen molar-refractivity contribution < 1.29 is 18.7 Å². The van der Waals surface area contributed by atoms with Gasteiger partial charge in [0.05, 0.1) is 30.7 Å². The van der Waals surface area contributed by atoms with E-state index in [0.717, 1.165) is 34.9 Å². The Balaban J connectivity index is 1.63. The molecule has 0 N–H and O–H groups in total. The predicted molar refractivity (Wildman–Crippen MR) is 153 cm³/mol. The van der Waals surface area contributed by atoms with Crippen LogP contribution in [0.25, 0.3) is 11.0 Å². The number of nitrogens with zero attached hydrogens (tertiary/aromatic N) is 1. The number of amides is 1. The van der Waals surface area contributed by atoms with Gasteiger partial charge >= 0.3 is 0 Å². The second-order valence-electron chi connectivity index (χ2n) is 9.55. The van der Waals surface area contributed by atoms with Gasteiger partial charge in [0.15, 0.2) is 16.9 Å². The van der Waals surface area contributed by atoms with E-state index in [-0.39, 0.29) is 17.1 Å². The Morgan fingerprint density at radius 2 is 1.74 bits per heavy atom. The smallest absolute Gasteiger partial charge is 0.295 e. The lowest BCUT2D eigenvalue weighted by molar-refractivity contribution is 0.0971. The molecule has 5 rings (SSSR count). The highest BCUT2D eigenvalue weighted by Crippen LogP contribution is 2.43. The van der Waals surface area contributed by atoms with Crippen LogP contribution in [0.1, 0.15) is 65.9 Å². The highest BCUT2D eigenvalue weighted by molar-refractivity contribution is 9.10. The van der Waals surface area contributed by atoms with E-state index >= 15 is 0 Å². The number of carbonyl (C=O) groups is 1. The largest absolute Gasteiger partial charge is 0.493 e. The molecule has 0 saturated heterocycles. The third-order valence-electron chi connectivity index (χ3n) is 6.90. The van der Waals surface area contributed by atoms with Crippen LogP contribution in [0.2, 0.25) is 0 Å². The minimum Gasteiger partial charge on any atom is -0.493 e. The topological polar surface area (TPSA) is 69.0 Å². The summed E-state index contributed by atoms with van der Waals surface area (Å²) < 4.78 is 18.5. The van der Waals surface area contributed by atoms with Crippen LogP contribution >= 0.6 is 15.9 Å². The zero-order valence-electron chi connectivity index (χ0n) is 21.8. The van der Waals surface area contributed by atoms with Crippen LogP contribution in [0, 0.1) is 6.92 Å². The van der Waals surface area contributed by atoms with Crippen molar-refractivity contribution in [3.63, 3.8) is 0 Å². The molecule has 1 unspecified atom stereocenters. The molecule has 0 spiro atoms. The number of hydrogen-bond acceptors (Lipinski definition) is 5. The van der Waals surface area contributed by atoms with Gasteiger partial charge in [-0.1, -0.05) is 65.9 Å². The van der Waals surface area contributed by atoms with E-state index in [2.05, 4.69) is 22.9 Å². The van der Waals surface area contributed by atoms with Gasteiger partial charge in [0.25, 0.3) is 5.91 Å². The highest BCUT2D eigenvalue weighted by Gasteiger charge is 2.44. The highest BCUT2D eigenvalue weighted by atomic mass is 79.9. The Morgan fingerprint density at radius 3 is 2.47 bits per heavy atom. The third-order valence-corrected chi connectivity index (χ3v) is 7.40. The van der Waals surface area contributed by atoms with Gasteiger partial charge < -0.3 is 13.9 Å². The molecule has 0 fully saturated rings. The van der Waals surface area contributed by atoms with E-state index < -0.39 is 6.04 Å². The number of rotatable bonds is 9. The Morgan fingerprint density at radius 1 is 0.947 bits per heavy atom. The van der Waals surface area contributed by atoms with Crippen LogP contribution < -0.4 is 19.8 Å². The lowest BCUT2D eigenvalue weighted by atomic mass is 9.97. The van der Waals surface area contributed by atoms with Crippen molar-refractivity contribution in [1.29, 1.82) is 0 Å². The molecule has 0 radical (unpaired) electrons. The van der Waals surface area contributed by atoms with E-state index in [9.17, 15) is 9.59 Å². The predicted octanol–water partition coefficient (Wildman–Crippen LogP) is 7.58. The van der Waals surface area contributed by atoms with Gasteiger partial charge in [-0.3, -0.25) is 14.5 Å². The molecular formula is C31H30BrNO5. The lowest BCUT2D eigenvalue weighted by Crippen LogP contribution is -2.29. The zero-order valence-corrected chi connectivity index (χ0v) is 23.3. The summed E-state index contributed by atoms with van der Waals surface area (Å²) in [4.78, 5) is 29.3. The molecule has 0 saturated carbocycles. The van der Waals surface area contributed by atoms with E-state index in [1.807, 2.05) is 49.4 Å². The molecule has 4 aromatic rings. The average Bonchev–Trinajstić information content (AvgIpc) is 3.22. The van der Waals surface area contributed by atoms with E-state index in [1.165, 1.54) is 6.42 Å². The molecule has 1 atom stereocenters. The number of halogens is 1. The van der Waals surface area contributed by atoms with Crippen LogP contribution in [-0.2, 0) is 0 Å². The molecule has 7 heteroatoms. The lowest BCUT2D eigenvalue weighted by Gasteiger charge is -2.26. The number of ether oxygens (including phenoxy) is 2. The van der Waals surface area contributed by atoms with Crippen molar-refractivity contribution in [2.75, 3.05) is 18.6 Å². The molecule has 1 aromatic heterocycles. The van der Waals surface area contributed by atoms with Gasteiger partial charge in [-0.2, -0.15) is 0 Å². The van der Waals surface area contributed by atoms with Crippen LogP contribution in [0.15, 0.2) is 74.3 Å². The summed E-state index contributed by atoms with van der Waals surface area (Å²) in [5.74, 6) is 0.890. The van der Waals surface area contributed by atoms with Crippen molar-refractivity contribution in [3.8, 4) is 11.5 Å². The van der Waals surface area contributed by atoms with Crippen molar-refractivity contribution >= 4 is 38.5 Å². The maximum Gasteiger partial charge on any atom is 0.295 e. The summed E-state index contributed by atoms with van der Waals surface area (Å²) in [5.41, 5.74) is 2.94. The quantitative estimate of drug-likeness (QED) is 0.192. The Bertz CT molecular complexity index is 1540. The normalized spacial score (nSPS) is 14.7.